The van der Waals surface area contributed by atoms with E-state index in [1.807, 2.05) is 20.8 Å². The Morgan fingerprint density at radius 1 is 1.14 bits per heavy atom. The number of hydrogen-bond donors (Lipinski definition) is 1. The van der Waals surface area contributed by atoms with Crippen LogP contribution in [0.25, 0.3) is 0 Å². The molecular formula is C11H23NO2. The summed E-state index contributed by atoms with van der Waals surface area (Å²) in [5.74, 6) is -0.0539. The average molecular weight is 201 g/mol. The highest BCUT2D eigenvalue weighted by Crippen LogP contribution is 2.12. The maximum atomic E-state index is 11.3. The molecule has 0 saturated heterocycles. The molecular weight excluding hydrogens is 178 g/mol. The molecule has 84 valence electrons. The van der Waals surface area contributed by atoms with Crippen molar-refractivity contribution < 1.29 is 9.53 Å². The third-order valence-electron chi connectivity index (χ3n) is 1.28. The lowest BCUT2D eigenvalue weighted by molar-refractivity contribution is -0.128. The zero-order valence-corrected chi connectivity index (χ0v) is 10.2. The highest BCUT2D eigenvalue weighted by Gasteiger charge is 2.15. The molecule has 0 spiro atoms. The third-order valence-corrected chi connectivity index (χ3v) is 1.28. The van der Waals surface area contributed by atoms with Crippen LogP contribution in [0.1, 0.15) is 41.5 Å². The van der Waals surface area contributed by atoms with Gasteiger partial charge in [-0.2, -0.15) is 0 Å². The smallest absolute Gasteiger partial charge is 0.246 e. The number of carbonyl (C=O) groups excluding carboxylic acids is 1. The molecule has 0 aromatic heterocycles. The minimum Gasteiger partial charge on any atom is -0.371 e. The van der Waals surface area contributed by atoms with Crippen molar-refractivity contribution in [3.05, 3.63) is 0 Å². The summed E-state index contributed by atoms with van der Waals surface area (Å²) in [5, 5.41) is 2.84. The monoisotopic (exact) mass is 201 g/mol. The molecule has 0 saturated carbocycles. The van der Waals surface area contributed by atoms with Gasteiger partial charge in [0.25, 0.3) is 0 Å². The SMILES string of the molecule is CC(C)(C)COCC(=O)NC(C)(C)C. The molecule has 1 amide bonds. The fraction of sp³-hybridized carbons (Fsp3) is 0.909. The van der Waals surface area contributed by atoms with Crippen molar-refractivity contribution >= 4 is 5.91 Å². The summed E-state index contributed by atoms with van der Waals surface area (Å²) in [6, 6.07) is 0. The van der Waals surface area contributed by atoms with Crippen LogP contribution < -0.4 is 5.32 Å². The normalized spacial score (nSPS) is 12.7. The summed E-state index contributed by atoms with van der Waals surface area (Å²) in [6.07, 6.45) is 0. The minimum absolute atomic E-state index is 0.0539. The fourth-order valence-electron chi connectivity index (χ4n) is 0.904. The van der Waals surface area contributed by atoms with E-state index < -0.39 is 0 Å². The molecule has 1 N–H and O–H groups in total. The number of carbonyl (C=O) groups is 1. The van der Waals surface area contributed by atoms with Crippen molar-refractivity contribution in [3.8, 4) is 0 Å². The lowest BCUT2D eigenvalue weighted by atomic mass is 9.99. The van der Waals surface area contributed by atoms with Crippen molar-refractivity contribution in [2.75, 3.05) is 13.2 Å². The van der Waals surface area contributed by atoms with Crippen molar-refractivity contribution in [2.45, 2.75) is 47.1 Å². The zero-order chi connectivity index (χ0) is 11.4. The number of rotatable bonds is 3. The van der Waals surface area contributed by atoms with Gasteiger partial charge in [0, 0.05) is 5.54 Å². The van der Waals surface area contributed by atoms with E-state index in [0.29, 0.717) is 6.61 Å². The van der Waals surface area contributed by atoms with E-state index in [0.717, 1.165) is 0 Å². The van der Waals surface area contributed by atoms with Gasteiger partial charge in [0.15, 0.2) is 0 Å². The highest BCUT2D eigenvalue weighted by molar-refractivity contribution is 5.77. The third kappa shape index (κ3) is 9.52. The van der Waals surface area contributed by atoms with Crippen LogP contribution in [0.3, 0.4) is 0 Å². The Balaban J connectivity index is 3.66. The van der Waals surface area contributed by atoms with Crippen LogP contribution in [0.2, 0.25) is 0 Å². The average Bonchev–Trinajstić information content (AvgIpc) is 1.78. The molecule has 0 aromatic rings. The van der Waals surface area contributed by atoms with Crippen LogP contribution in [-0.2, 0) is 9.53 Å². The Hall–Kier alpha value is -0.570. The molecule has 3 nitrogen and oxygen atoms in total. The fourth-order valence-corrected chi connectivity index (χ4v) is 0.904. The largest absolute Gasteiger partial charge is 0.371 e. The van der Waals surface area contributed by atoms with Crippen molar-refractivity contribution in [3.63, 3.8) is 0 Å². The molecule has 3 heteroatoms. The van der Waals surface area contributed by atoms with Gasteiger partial charge in [-0.3, -0.25) is 4.79 Å². The van der Waals surface area contributed by atoms with Crippen molar-refractivity contribution in [1.29, 1.82) is 0 Å². The standard InChI is InChI=1S/C11H23NO2/c1-10(2,3)8-14-7-9(13)12-11(4,5)6/h7-8H2,1-6H3,(H,12,13). The molecule has 0 heterocycles. The number of hydrogen-bond acceptors (Lipinski definition) is 2. The summed E-state index contributed by atoms with van der Waals surface area (Å²) in [4.78, 5) is 11.3. The van der Waals surface area contributed by atoms with Crippen molar-refractivity contribution in [1.82, 2.24) is 5.32 Å². The first-order valence-electron chi connectivity index (χ1n) is 4.99. The lowest BCUT2D eigenvalue weighted by Gasteiger charge is -2.22. The van der Waals surface area contributed by atoms with Gasteiger partial charge in [0.05, 0.1) is 6.61 Å². The predicted octanol–water partition coefficient (Wildman–Crippen LogP) is 1.96. The van der Waals surface area contributed by atoms with Gasteiger partial charge in [-0.05, 0) is 26.2 Å². The van der Waals surface area contributed by atoms with E-state index in [1.54, 1.807) is 0 Å². The van der Waals surface area contributed by atoms with Crippen molar-refractivity contribution in [2.24, 2.45) is 5.41 Å². The van der Waals surface area contributed by atoms with E-state index in [1.165, 1.54) is 0 Å². The number of nitrogens with one attached hydrogen (secondary N) is 1. The predicted molar refractivity (Wildman–Crippen MR) is 58.2 cm³/mol. The van der Waals surface area contributed by atoms with E-state index in [-0.39, 0.29) is 23.5 Å². The maximum absolute atomic E-state index is 11.3. The van der Waals surface area contributed by atoms with Crippen LogP contribution >= 0.6 is 0 Å². The Bertz CT molecular complexity index is 186. The quantitative estimate of drug-likeness (QED) is 0.758. The summed E-state index contributed by atoms with van der Waals surface area (Å²) in [7, 11) is 0. The van der Waals surface area contributed by atoms with E-state index in [4.69, 9.17) is 4.74 Å². The molecule has 0 aliphatic carbocycles. The Morgan fingerprint density at radius 2 is 1.64 bits per heavy atom. The van der Waals surface area contributed by atoms with Crippen LogP contribution in [0.4, 0.5) is 0 Å². The number of ether oxygens (including phenoxy) is 1. The molecule has 0 radical (unpaired) electrons. The van der Waals surface area contributed by atoms with Crippen LogP contribution in [0.15, 0.2) is 0 Å². The summed E-state index contributed by atoms with van der Waals surface area (Å²) >= 11 is 0. The molecule has 0 fully saturated rings. The number of amides is 1. The Kier molecular flexibility index (Phi) is 4.59. The molecule has 0 aromatic carbocycles. The Labute approximate surface area is 87.2 Å². The second-order valence-electron chi connectivity index (χ2n) is 5.85. The van der Waals surface area contributed by atoms with Gasteiger partial charge < -0.3 is 10.1 Å². The van der Waals surface area contributed by atoms with E-state index >= 15 is 0 Å². The van der Waals surface area contributed by atoms with Gasteiger partial charge >= 0.3 is 0 Å². The first kappa shape index (κ1) is 13.4. The maximum Gasteiger partial charge on any atom is 0.246 e. The highest BCUT2D eigenvalue weighted by atomic mass is 16.5. The van der Waals surface area contributed by atoms with E-state index in [2.05, 4.69) is 26.1 Å². The topological polar surface area (TPSA) is 38.3 Å². The molecule has 0 rings (SSSR count). The zero-order valence-electron chi connectivity index (χ0n) is 10.2. The second-order valence-corrected chi connectivity index (χ2v) is 5.85. The second kappa shape index (κ2) is 4.78. The van der Waals surface area contributed by atoms with Crippen LogP contribution in [0.5, 0.6) is 0 Å². The first-order chi connectivity index (χ1) is 6.10. The molecule has 14 heavy (non-hydrogen) atoms. The lowest BCUT2D eigenvalue weighted by Crippen LogP contribution is -2.42. The summed E-state index contributed by atoms with van der Waals surface area (Å²) in [5.41, 5.74) is -0.0653. The molecule has 0 aliphatic heterocycles. The molecule has 0 unspecified atom stereocenters. The van der Waals surface area contributed by atoms with Gasteiger partial charge in [-0.25, -0.2) is 0 Å². The van der Waals surface area contributed by atoms with Crippen LogP contribution in [-0.4, -0.2) is 24.7 Å². The van der Waals surface area contributed by atoms with Gasteiger partial charge in [-0.1, -0.05) is 20.8 Å². The van der Waals surface area contributed by atoms with Crippen LogP contribution in [0, 0.1) is 5.41 Å². The minimum atomic E-state index is -0.178. The summed E-state index contributed by atoms with van der Waals surface area (Å²) in [6.45, 7) is 12.8. The first-order valence-corrected chi connectivity index (χ1v) is 4.99. The molecule has 0 bridgehead atoms. The Morgan fingerprint density at radius 3 is 2.00 bits per heavy atom. The van der Waals surface area contributed by atoms with Gasteiger partial charge in [0.1, 0.15) is 6.61 Å². The summed E-state index contributed by atoms with van der Waals surface area (Å²) < 4.78 is 5.29. The van der Waals surface area contributed by atoms with Gasteiger partial charge in [-0.15, -0.1) is 0 Å². The van der Waals surface area contributed by atoms with Gasteiger partial charge in [0.2, 0.25) is 5.91 Å². The molecule has 0 aliphatic rings. The molecule has 0 atom stereocenters. The van der Waals surface area contributed by atoms with E-state index in [9.17, 15) is 4.79 Å².